The fourth-order valence-electron chi connectivity index (χ4n) is 5.29. The molecule has 0 radical (unpaired) electrons. The van der Waals surface area contributed by atoms with Gasteiger partial charge in [0.2, 0.25) is 17.9 Å². The van der Waals surface area contributed by atoms with Crippen molar-refractivity contribution in [2.24, 2.45) is 11.7 Å². The second-order valence-electron chi connectivity index (χ2n) is 11.8. The summed E-state index contributed by atoms with van der Waals surface area (Å²) in [6.07, 6.45) is -1.76. The minimum Gasteiger partial charge on any atom is -0.480 e. The van der Waals surface area contributed by atoms with E-state index in [9.17, 15) is 27.6 Å². The zero-order valence-corrected chi connectivity index (χ0v) is 28.9. The highest BCUT2D eigenvalue weighted by Crippen LogP contribution is 2.40. The van der Waals surface area contributed by atoms with E-state index in [0.29, 0.717) is 42.6 Å². The number of carboxylic acid groups (broad SMARTS) is 1. The molecule has 276 valence electrons. The molecule has 5 rings (SSSR count). The van der Waals surface area contributed by atoms with Gasteiger partial charge < -0.3 is 31.4 Å². The topological polar surface area (TPSA) is 198 Å². The molecule has 3 unspecified atom stereocenters. The number of carbonyl (C=O) groups excluding carboxylic acids is 2. The lowest BCUT2D eigenvalue weighted by Gasteiger charge is -2.25. The van der Waals surface area contributed by atoms with Crippen LogP contribution in [0.4, 0.5) is 19.1 Å². The van der Waals surface area contributed by atoms with Gasteiger partial charge in [0, 0.05) is 28.4 Å². The summed E-state index contributed by atoms with van der Waals surface area (Å²) in [5.41, 5.74) is 13.6. The molecule has 2 heterocycles. The summed E-state index contributed by atoms with van der Waals surface area (Å²) in [4.78, 5) is 41.2. The number of nitrogen functional groups attached to an aromatic ring is 1. The molecule has 1 amide bonds. The molecule has 2 aromatic carbocycles. The third kappa shape index (κ3) is 11.0. The summed E-state index contributed by atoms with van der Waals surface area (Å²) >= 11 is 6.09. The van der Waals surface area contributed by atoms with Crippen molar-refractivity contribution in [1.82, 2.24) is 25.1 Å². The van der Waals surface area contributed by atoms with Crippen LogP contribution in [0.25, 0.3) is 11.3 Å². The number of nitrogens with two attached hydrogens (primary N) is 2. The van der Waals surface area contributed by atoms with Crippen LogP contribution in [0.15, 0.2) is 72.9 Å². The van der Waals surface area contributed by atoms with E-state index in [2.05, 4.69) is 25.1 Å². The molecule has 0 aliphatic heterocycles. The summed E-state index contributed by atoms with van der Waals surface area (Å²) in [6, 6.07) is 14.7. The first-order valence-corrected chi connectivity index (χ1v) is 16.3. The zero-order valence-electron chi connectivity index (χ0n) is 28.1. The molecule has 13 nitrogen and oxygen atoms in total. The fraction of sp³-hybridized carbons (Fsp3) is 0.314. The van der Waals surface area contributed by atoms with Crippen molar-refractivity contribution in [2.75, 3.05) is 19.4 Å². The van der Waals surface area contributed by atoms with Crippen LogP contribution < -0.4 is 21.5 Å². The van der Waals surface area contributed by atoms with Crippen molar-refractivity contribution < 1.29 is 42.1 Å². The lowest BCUT2D eigenvalue weighted by Crippen LogP contribution is -2.32. The maximum atomic E-state index is 14.3. The van der Waals surface area contributed by atoms with E-state index >= 15 is 0 Å². The Balaban J connectivity index is 0.000000363. The van der Waals surface area contributed by atoms with Gasteiger partial charge in [-0.15, -0.1) is 0 Å². The summed E-state index contributed by atoms with van der Waals surface area (Å²) in [7, 11) is 1.27. The van der Waals surface area contributed by atoms with Gasteiger partial charge in [0.1, 0.15) is 12.6 Å². The third-order valence-corrected chi connectivity index (χ3v) is 8.15. The van der Waals surface area contributed by atoms with Crippen molar-refractivity contribution in [3.05, 3.63) is 100 Å². The van der Waals surface area contributed by atoms with E-state index in [4.69, 9.17) is 32.9 Å². The number of allylic oxidation sites excluding steroid dienone is 2. The zero-order chi connectivity index (χ0) is 38.0. The number of carboxylic acids is 1. The van der Waals surface area contributed by atoms with Crippen LogP contribution in [-0.2, 0) is 14.3 Å². The standard InChI is InChI=1S/C25H26ClF3N6O3.C10H11NO3/c1-13-8-9-35(34-13)20-11-16(26)6-7-17(20)22(25(27,28)29)38-21-12-19(32-24(31)33-21)15-4-2-14(3-5-15)10-18(30)23(36)37;1-14-9(12)7-11-10(13)8-5-3-2-4-6-8/h4,6-9,11-12,14,18,22H,2-3,5,10,30H2,1H3,(H,36,37)(H2,31,32,33);2-6H,7H2,1H3,(H,11,13). The van der Waals surface area contributed by atoms with E-state index in [0.717, 1.165) is 5.57 Å². The Bertz CT molecular complexity index is 1910. The largest absolute Gasteiger partial charge is 0.480 e. The first-order valence-electron chi connectivity index (χ1n) is 15.9. The molecule has 2 aromatic heterocycles. The predicted octanol–water partition coefficient (Wildman–Crippen LogP) is 5.46. The molecule has 0 fully saturated rings. The average Bonchev–Trinajstić information content (AvgIpc) is 3.55. The number of hydrogen-bond donors (Lipinski definition) is 4. The van der Waals surface area contributed by atoms with Gasteiger partial charge in [-0.05, 0) is 74.4 Å². The lowest BCUT2D eigenvalue weighted by atomic mass is 9.84. The second-order valence-corrected chi connectivity index (χ2v) is 12.2. The number of amides is 1. The van der Waals surface area contributed by atoms with Crippen molar-refractivity contribution in [2.45, 2.75) is 50.9 Å². The molecule has 0 saturated carbocycles. The van der Waals surface area contributed by atoms with Gasteiger partial charge in [-0.25, -0.2) is 9.67 Å². The van der Waals surface area contributed by atoms with Gasteiger partial charge in [0.15, 0.2) is 0 Å². The van der Waals surface area contributed by atoms with Crippen molar-refractivity contribution in [3.8, 4) is 11.6 Å². The number of esters is 1. The SMILES string of the molecule is COC(=O)CNC(=O)c1ccccc1.Cc1ccn(-c2cc(Cl)ccc2C(Oc2cc(C3=CCC(CC(N)C(=O)O)CC3)nc(N)n2)C(F)(F)F)n1. The Kier molecular flexibility index (Phi) is 13.3. The molecular weight excluding hydrogens is 707 g/mol. The highest BCUT2D eigenvalue weighted by Gasteiger charge is 2.45. The van der Waals surface area contributed by atoms with Crippen LogP contribution in [0.5, 0.6) is 5.88 Å². The van der Waals surface area contributed by atoms with E-state index in [1.807, 2.05) is 12.1 Å². The van der Waals surface area contributed by atoms with Crippen molar-refractivity contribution in [3.63, 3.8) is 0 Å². The number of nitrogens with zero attached hydrogens (tertiary/aromatic N) is 4. The predicted molar refractivity (Wildman–Crippen MR) is 186 cm³/mol. The summed E-state index contributed by atoms with van der Waals surface area (Å²) in [5, 5.41) is 15.9. The summed E-state index contributed by atoms with van der Waals surface area (Å²) < 4.78 is 54.1. The number of benzene rings is 2. The number of nitrogens with one attached hydrogen (secondary N) is 1. The Morgan fingerprint density at radius 2 is 1.85 bits per heavy atom. The quantitative estimate of drug-likeness (QED) is 0.142. The molecule has 4 aromatic rings. The monoisotopic (exact) mass is 743 g/mol. The Labute approximate surface area is 301 Å². The van der Waals surface area contributed by atoms with Crippen LogP contribution in [0.3, 0.4) is 0 Å². The Hall–Kier alpha value is -5.48. The average molecular weight is 744 g/mol. The normalized spacial score (nSPS) is 15.3. The number of aryl methyl sites for hydroxylation is 1. The number of hydrogen-bond acceptors (Lipinski definition) is 10. The van der Waals surface area contributed by atoms with Crippen LogP contribution in [-0.4, -0.2) is 68.6 Å². The van der Waals surface area contributed by atoms with Gasteiger partial charge in [-0.1, -0.05) is 41.9 Å². The summed E-state index contributed by atoms with van der Waals surface area (Å²) in [5.74, 6) is -2.32. The van der Waals surface area contributed by atoms with Gasteiger partial charge >= 0.3 is 18.1 Å². The van der Waals surface area contributed by atoms with Gasteiger partial charge in [-0.3, -0.25) is 14.4 Å². The third-order valence-electron chi connectivity index (χ3n) is 7.91. The lowest BCUT2D eigenvalue weighted by molar-refractivity contribution is -0.198. The van der Waals surface area contributed by atoms with Crippen LogP contribution >= 0.6 is 11.6 Å². The number of ether oxygens (including phenoxy) is 2. The van der Waals surface area contributed by atoms with Crippen LogP contribution in [0, 0.1) is 12.8 Å². The van der Waals surface area contributed by atoms with Crippen molar-refractivity contribution >= 4 is 41.0 Å². The molecule has 52 heavy (non-hydrogen) atoms. The first-order chi connectivity index (χ1) is 24.6. The van der Waals surface area contributed by atoms with E-state index in [1.165, 1.54) is 42.3 Å². The maximum absolute atomic E-state index is 14.3. The molecule has 17 heteroatoms. The van der Waals surface area contributed by atoms with E-state index < -0.39 is 30.3 Å². The number of rotatable bonds is 11. The second kappa shape index (κ2) is 17.6. The number of halogens is 4. The molecule has 0 bridgehead atoms. The number of carbonyl (C=O) groups is 3. The van der Waals surface area contributed by atoms with Crippen molar-refractivity contribution in [1.29, 1.82) is 0 Å². The Morgan fingerprint density at radius 3 is 2.44 bits per heavy atom. The fourth-order valence-corrected chi connectivity index (χ4v) is 5.46. The van der Waals surface area contributed by atoms with E-state index in [-0.39, 0.29) is 46.5 Å². The van der Waals surface area contributed by atoms with Gasteiger partial charge in [0.05, 0.1) is 24.2 Å². The van der Waals surface area contributed by atoms with Crippen LogP contribution in [0.2, 0.25) is 5.02 Å². The summed E-state index contributed by atoms with van der Waals surface area (Å²) in [6.45, 7) is 1.61. The molecule has 1 aliphatic rings. The molecule has 0 spiro atoms. The number of methoxy groups -OCH3 is 1. The molecule has 3 atom stereocenters. The van der Waals surface area contributed by atoms with Crippen LogP contribution in [0.1, 0.15) is 59.1 Å². The highest BCUT2D eigenvalue weighted by atomic mass is 35.5. The first kappa shape index (κ1) is 39.3. The molecule has 6 N–H and O–H groups in total. The highest BCUT2D eigenvalue weighted by molar-refractivity contribution is 6.30. The molecular formula is C35H37ClF3N7O6. The molecule has 0 saturated heterocycles. The smallest absolute Gasteiger partial charge is 0.429 e. The number of aromatic nitrogens is 4. The number of aliphatic carboxylic acids is 1. The van der Waals surface area contributed by atoms with Gasteiger partial charge in [-0.2, -0.15) is 23.3 Å². The van der Waals surface area contributed by atoms with E-state index in [1.54, 1.807) is 37.3 Å². The Morgan fingerprint density at radius 1 is 1.12 bits per heavy atom. The molecule has 1 aliphatic carbocycles. The number of alkyl halides is 3. The number of anilines is 1. The van der Waals surface area contributed by atoms with Gasteiger partial charge in [0.25, 0.3) is 5.91 Å². The minimum absolute atomic E-state index is 0.0728. The maximum Gasteiger partial charge on any atom is 0.429 e. The minimum atomic E-state index is -4.81.